The van der Waals surface area contributed by atoms with Gasteiger partial charge in [-0.05, 0) is 0 Å². The Morgan fingerprint density at radius 1 is 1.62 bits per heavy atom. The highest BCUT2D eigenvalue weighted by atomic mass is 16.7. The Hall–Kier alpha value is -1.19. The van der Waals surface area contributed by atoms with Crippen LogP contribution in [0.3, 0.4) is 0 Å². The number of ether oxygens (including phenoxy) is 1. The lowest BCUT2D eigenvalue weighted by molar-refractivity contribution is -0.135. The van der Waals surface area contributed by atoms with Crippen molar-refractivity contribution in [1.82, 2.24) is 0 Å². The molecule has 0 N–H and O–H groups in total. The maximum atomic E-state index is 9.75. The molecule has 0 unspecified atom stereocenters. The predicted octanol–water partition coefficient (Wildman–Crippen LogP) is 0.760. The van der Waals surface area contributed by atoms with Crippen LogP contribution in [0, 0.1) is 9.93 Å². The Kier molecular flexibility index (Phi) is 11.5. The highest BCUT2D eigenvalue weighted by Crippen LogP contribution is 1.70. The van der Waals surface area contributed by atoms with Crippen LogP contribution in [0.4, 0.5) is 0 Å². The second-order valence-electron chi connectivity index (χ2n) is 0.776. The summed E-state index contributed by atoms with van der Waals surface area (Å²) in [6, 6.07) is 0. The molecule has 0 atom stereocenters. The third kappa shape index (κ3) is 21.3. The molecule has 0 amide bonds. The Balaban J connectivity index is 0. The Morgan fingerprint density at radius 3 is 2.00 bits per heavy atom. The molecule has 0 saturated carbocycles. The van der Waals surface area contributed by atoms with Crippen molar-refractivity contribution in [1.29, 1.82) is 0 Å². The van der Waals surface area contributed by atoms with Crippen molar-refractivity contribution in [2.75, 3.05) is 0 Å². The maximum absolute atomic E-state index is 9.75. The summed E-state index contributed by atoms with van der Waals surface area (Å²) in [5.74, 6) is -0.329. The summed E-state index contributed by atoms with van der Waals surface area (Å²) in [5, 5.41) is 0. The van der Waals surface area contributed by atoms with Gasteiger partial charge in [-0.15, -0.1) is 0 Å². The molecule has 4 heteroatoms. The molecule has 0 heterocycles. The molecule has 0 aliphatic carbocycles. The van der Waals surface area contributed by atoms with Crippen molar-refractivity contribution >= 4 is 5.97 Å². The topological polar surface area (TPSA) is 60.4 Å². The summed E-state index contributed by atoms with van der Waals surface area (Å²) in [7, 11) is 0. The SMILES string of the molecule is C=COC(C)=O.O=O. The van der Waals surface area contributed by atoms with Gasteiger partial charge in [-0.3, -0.25) is 4.79 Å². The zero-order valence-electron chi connectivity index (χ0n) is 4.42. The van der Waals surface area contributed by atoms with E-state index in [9.17, 15) is 4.79 Å². The van der Waals surface area contributed by atoms with Crippen LogP contribution in [0.1, 0.15) is 6.92 Å². The molecule has 46 valence electrons. The first kappa shape index (κ1) is 9.94. The van der Waals surface area contributed by atoms with Gasteiger partial charge in [-0.1, -0.05) is 6.58 Å². The van der Waals surface area contributed by atoms with Crippen molar-refractivity contribution < 1.29 is 9.53 Å². The summed E-state index contributed by atoms with van der Waals surface area (Å²) < 4.78 is 4.17. The lowest BCUT2D eigenvalue weighted by atomic mass is 10.8. The quantitative estimate of drug-likeness (QED) is 0.376. The first-order valence-electron chi connectivity index (χ1n) is 1.72. The van der Waals surface area contributed by atoms with E-state index in [1.807, 2.05) is 0 Å². The zero-order chi connectivity index (χ0) is 6.99. The van der Waals surface area contributed by atoms with Gasteiger partial charge in [-0.25, -0.2) is 0 Å². The van der Waals surface area contributed by atoms with E-state index in [4.69, 9.17) is 9.93 Å². The van der Waals surface area contributed by atoms with Crippen LogP contribution in [-0.4, -0.2) is 5.97 Å². The van der Waals surface area contributed by atoms with Crippen LogP contribution in [0.5, 0.6) is 0 Å². The van der Waals surface area contributed by atoms with Crippen molar-refractivity contribution in [2.45, 2.75) is 6.92 Å². The number of carbonyl (C=O) groups is 1. The smallest absolute Gasteiger partial charge is 0.307 e. The van der Waals surface area contributed by atoms with Crippen LogP contribution >= 0.6 is 0 Å². The van der Waals surface area contributed by atoms with Gasteiger partial charge < -0.3 is 4.74 Å². The van der Waals surface area contributed by atoms with E-state index in [-0.39, 0.29) is 5.97 Å². The predicted molar refractivity (Wildman–Crippen MR) is 28.7 cm³/mol. The highest BCUT2D eigenvalue weighted by Gasteiger charge is 1.79. The Morgan fingerprint density at radius 2 is 2.00 bits per heavy atom. The standard InChI is InChI=1S/C4H6O2.O2/c1-3-6-4(2)5;1-2/h3H,1H2,2H3;. The minimum absolute atomic E-state index is 0.329. The lowest BCUT2D eigenvalue weighted by Crippen LogP contribution is -1.87. The molecule has 0 aromatic heterocycles. The third-order valence-electron chi connectivity index (χ3n) is 0.249. The monoisotopic (exact) mass is 118 g/mol. The van der Waals surface area contributed by atoms with E-state index < -0.39 is 0 Å². The molecule has 0 aromatic rings. The van der Waals surface area contributed by atoms with Gasteiger partial charge in [0.15, 0.2) is 0 Å². The minimum atomic E-state index is -0.329. The molecule has 0 aromatic carbocycles. The molecule has 0 bridgehead atoms. The summed E-state index contributed by atoms with van der Waals surface area (Å²) in [6.07, 6.45) is 1.10. The van der Waals surface area contributed by atoms with E-state index in [0.717, 1.165) is 6.26 Å². The van der Waals surface area contributed by atoms with E-state index in [0.29, 0.717) is 0 Å². The van der Waals surface area contributed by atoms with Crippen LogP contribution < -0.4 is 0 Å². The van der Waals surface area contributed by atoms with Crippen LogP contribution in [0.2, 0.25) is 0 Å². The average molecular weight is 118 g/mol. The number of rotatable bonds is 1. The van der Waals surface area contributed by atoms with Gasteiger partial charge in [0.2, 0.25) is 0 Å². The molecule has 0 saturated heterocycles. The van der Waals surface area contributed by atoms with Gasteiger partial charge in [0.25, 0.3) is 0 Å². The van der Waals surface area contributed by atoms with Gasteiger partial charge in [0.05, 0.1) is 6.26 Å². The number of hydrogen-bond acceptors (Lipinski definition) is 4. The molecule has 0 aliphatic heterocycles. The minimum Gasteiger partial charge on any atom is -0.435 e. The summed E-state index contributed by atoms with van der Waals surface area (Å²) in [4.78, 5) is 23.8. The Bertz CT molecular complexity index is 78.1. The van der Waals surface area contributed by atoms with Crippen LogP contribution in [0.25, 0.3) is 0 Å². The molecule has 0 rings (SSSR count). The lowest BCUT2D eigenvalue weighted by Gasteiger charge is -1.83. The summed E-state index contributed by atoms with van der Waals surface area (Å²) in [6.45, 7) is 4.48. The second kappa shape index (κ2) is 9.26. The number of hydrogen-bond donors (Lipinski definition) is 0. The van der Waals surface area contributed by atoms with Gasteiger partial charge in [0, 0.05) is 16.9 Å². The fourth-order valence-electron chi connectivity index (χ4n) is 0.117. The fraction of sp³-hybridized carbons (Fsp3) is 0.250. The van der Waals surface area contributed by atoms with E-state index in [1.165, 1.54) is 6.92 Å². The fourth-order valence-corrected chi connectivity index (χ4v) is 0.117. The molecule has 0 aliphatic rings. The van der Waals surface area contributed by atoms with Gasteiger partial charge in [-0.2, -0.15) is 0 Å². The molecule has 4 nitrogen and oxygen atoms in total. The van der Waals surface area contributed by atoms with E-state index in [1.54, 1.807) is 0 Å². The summed E-state index contributed by atoms with van der Waals surface area (Å²) >= 11 is 0. The van der Waals surface area contributed by atoms with Crippen molar-refractivity contribution in [3.8, 4) is 0 Å². The molecule has 0 fully saturated rings. The highest BCUT2D eigenvalue weighted by molar-refractivity contribution is 5.66. The normalized spacial score (nSPS) is 5.62. The second-order valence-corrected chi connectivity index (χ2v) is 0.776. The first-order valence-corrected chi connectivity index (χ1v) is 1.72. The number of esters is 1. The maximum Gasteiger partial charge on any atom is 0.307 e. The van der Waals surface area contributed by atoms with Crippen LogP contribution in [-0.2, 0) is 9.53 Å². The number of carbonyl (C=O) groups excluding carboxylic acids is 1. The van der Waals surface area contributed by atoms with Crippen molar-refractivity contribution in [3.05, 3.63) is 22.8 Å². The molecular weight excluding hydrogens is 112 g/mol. The van der Waals surface area contributed by atoms with E-state index in [2.05, 4.69) is 11.3 Å². The largest absolute Gasteiger partial charge is 0.435 e. The third-order valence-corrected chi connectivity index (χ3v) is 0.249. The first-order chi connectivity index (χ1) is 3.77. The van der Waals surface area contributed by atoms with Crippen molar-refractivity contribution in [3.63, 3.8) is 0 Å². The van der Waals surface area contributed by atoms with Gasteiger partial charge in [0.1, 0.15) is 0 Å². The molecule has 0 spiro atoms. The Labute approximate surface area is 46.4 Å². The molecule has 0 radical (unpaired) electrons. The van der Waals surface area contributed by atoms with Crippen LogP contribution in [0.15, 0.2) is 12.8 Å². The van der Waals surface area contributed by atoms with Crippen molar-refractivity contribution in [2.24, 2.45) is 0 Å². The average Bonchev–Trinajstić information content (AvgIpc) is 1.72. The molecular formula is C4H6O4. The van der Waals surface area contributed by atoms with E-state index >= 15 is 0 Å². The molecule has 8 heavy (non-hydrogen) atoms. The van der Waals surface area contributed by atoms with Gasteiger partial charge >= 0.3 is 5.97 Å². The zero-order valence-corrected chi connectivity index (χ0v) is 4.42. The summed E-state index contributed by atoms with van der Waals surface area (Å²) in [5.41, 5.74) is 0.